The first-order valence-electron chi connectivity index (χ1n) is 5.86. The number of hydrogen-bond acceptors (Lipinski definition) is 2. The molecule has 1 aliphatic heterocycles. The van der Waals surface area contributed by atoms with Crippen LogP contribution in [0.25, 0.3) is 0 Å². The number of anilines is 1. The van der Waals surface area contributed by atoms with Crippen LogP contribution in [0.3, 0.4) is 0 Å². The van der Waals surface area contributed by atoms with E-state index in [1.165, 1.54) is 0 Å². The van der Waals surface area contributed by atoms with Gasteiger partial charge in [-0.15, -0.1) is 0 Å². The molecule has 0 fully saturated rings. The fourth-order valence-electron chi connectivity index (χ4n) is 2.22. The monoisotopic (exact) mass is 252 g/mol. The summed E-state index contributed by atoms with van der Waals surface area (Å²) in [7, 11) is 0. The van der Waals surface area contributed by atoms with Crippen LogP contribution in [0.5, 0.6) is 0 Å². The Balaban J connectivity index is 2.61. The summed E-state index contributed by atoms with van der Waals surface area (Å²) < 4.78 is 0. The molecule has 2 rings (SSSR count). The van der Waals surface area contributed by atoms with Crippen LogP contribution >= 0.6 is 11.6 Å². The van der Waals surface area contributed by atoms with Gasteiger partial charge in [-0.2, -0.15) is 0 Å². The Morgan fingerprint density at radius 3 is 2.82 bits per heavy atom. The first kappa shape index (κ1) is 12.4. The van der Waals surface area contributed by atoms with Gasteiger partial charge in [0.2, 0.25) is 5.91 Å². The summed E-state index contributed by atoms with van der Waals surface area (Å²) in [5.74, 6) is -0.0924. The molecule has 1 amide bonds. The third kappa shape index (κ3) is 1.83. The van der Waals surface area contributed by atoms with E-state index in [0.29, 0.717) is 5.02 Å². The minimum absolute atomic E-state index is 0.0291. The molecule has 3 nitrogen and oxygen atoms in total. The summed E-state index contributed by atoms with van der Waals surface area (Å²) in [5.41, 5.74) is 9.78. The number of halogens is 1. The number of nitrogens with two attached hydrogens (primary N) is 1. The molecule has 0 bridgehead atoms. The molecule has 2 atom stereocenters. The van der Waals surface area contributed by atoms with Gasteiger partial charge in [-0.1, -0.05) is 18.5 Å². The molecule has 17 heavy (non-hydrogen) atoms. The molecule has 1 heterocycles. The lowest BCUT2D eigenvalue weighted by Gasteiger charge is -2.16. The van der Waals surface area contributed by atoms with Gasteiger partial charge in [0.25, 0.3) is 0 Å². The van der Waals surface area contributed by atoms with Gasteiger partial charge in [-0.05, 0) is 43.0 Å². The smallest absolute Gasteiger partial charge is 0.231 e. The zero-order valence-corrected chi connectivity index (χ0v) is 11.1. The van der Waals surface area contributed by atoms with Crippen molar-refractivity contribution in [2.75, 3.05) is 5.32 Å². The molecule has 1 aromatic rings. The van der Waals surface area contributed by atoms with E-state index in [9.17, 15) is 4.79 Å². The summed E-state index contributed by atoms with van der Waals surface area (Å²) in [6.45, 7) is 5.84. The van der Waals surface area contributed by atoms with Gasteiger partial charge in [0.1, 0.15) is 0 Å². The Labute approximate surface area is 106 Å². The van der Waals surface area contributed by atoms with Gasteiger partial charge < -0.3 is 11.1 Å². The molecular weight excluding hydrogens is 236 g/mol. The predicted molar refractivity (Wildman–Crippen MR) is 70.5 cm³/mol. The maximum absolute atomic E-state index is 11.7. The first-order valence-corrected chi connectivity index (χ1v) is 6.24. The lowest BCUT2D eigenvalue weighted by atomic mass is 9.94. The van der Waals surface area contributed by atoms with E-state index in [2.05, 4.69) is 5.32 Å². The van der Waals surface area contributed by atoms with Crippen molar-refractivity contribution in [3.8, 4) is 0 Å². The third-order valence-electron chi connectivity index (χ3n) is 3.50. The molecule has 4 heteroatoms. The molecule has 0 aliphatic carbocycles. The zero-order valence-electron chi connectivity index (χ0n) is 10.3. The van der Waals surface area contributed by atoms with E-state index in [0.717, 1.165) is 28.8 Å². The normalized spacial score (nSPS) is 20.1. The van der Waals surface area contributed by atoms with E-state index < -0.39 is 0 Å². The minimum Gasteiger partial charge on any atom is -0.325 e. The van der Waals surface area contributed by atoms with Crippen LogP contribution in [-0.2, 0) is 4.79 Å². The van der Waals surface area contributed by atoms with Crippen molar-refractivity contribution < 1.29 is 4.79 Å². The van der Waals surface area contributed by atoms with Crippen LogP contribution in [-0.4, -0.2) is 5.91 Å². The van der Waals surface area contributed by atoms with Crippen LogP contribution in [0.1, 0.15) is 48.9 Å². The van der Waals surface area contributed by atoms with Crippen LogP contribution in [0.4, 0.5) is 5.69 Å². The van der Waals surface area contributed by atoms with Gasteiger partial charge in [0, 0.05) is 11.7 Å². The molecule has 1 aromatic carbocycles. The fraction of sp³-hybridized carbons (Fsp3) is 0.462. The first-order chi connectivity index (χ1) is 7.97. The van der Waals surface area contributed by atoms with E-state index in [1.54, 1.807) is 0 Å². The number of nitrogens with one attached hydrogen (secondary N) is 1. The standard InChI is InChI=1S/C13H17ClN2O/c1-4-10(15)9-5-8-6(2)13(17)16-12(8)7(3)11(9)14/h5-6,10H,4,15H2,1-3H3,(H,16,17). The molecular formula is C13H17ClN2O. The summed E-state index contributed by atoms with van der Waals surface area (Å²) in [6.07, 6.45) is 0.827. The average Bonchev–Trinajstić information content (AvgIpc) is 2.60. The molecule has 0 spiro atoms. The predicted octanol–water partition coefficient (Wildman–Crippen LogP) is 3.11. The van der Waals surface area contributed by atoms with Gasteiger partial charge >= 0.3 is 0 Å². The number of hydrogen-bond donors (Lipinski definition) is 2. The van der Waals surface area contributed by atoms with E-state index in [1.807, 2.05) is 26.8 Å². The SMILES string of the molecule is CCC(N)c1cc2c(c(C)c1Cl)NC(=O)C2C. The number of rotatable bonds is 2. The van der Waals surface area contributed by atoms with E-state index in [4.69, 9.17) is 17.3 Å². The van der Waals surface area contributed by atoms with Gasteiger partial charge in [0.05, 0.1) is 10.9 Å². The maximum atomic E-state index is 11.7. The number of fused-ring (bicyclic) bond motifs is 1. The van der Waals surface area contributed by atoms with E-state index >= 15 is 0 Å². The second-order valence-electron chi connectivity index (χ2n) is 4.59. The molecule has 0 saturated carbocycles. The number of carbonyl (C=O) groups is 1. The van der Waals surface area contributed by atoms with Gasteiger partial charge in [-0.3, -0.25) is 4.79 Å². The molecule has 0 saturated heterocycles. The lowest BCUT2D eigenvalue weighted by Crippen LogP contribution is -2.10. The molecule has 92 valence electrons. The largest absolute Gasteiger partial charge is 0.325 e. The fourth-order valence-corrected chi connectivity index (χ4v) is 2.50. The highest BCUT2D eigenvalue weighted by Crippen LogP contribution is 2.41. The highest BCUT2D eigenvalue weighted by molar-refractivity contribution is 6.33. The summed E-state index contributed by atoms with van der Waals surface area (Å²) in [6, 6.07) is 1.90. The van der Waals surface area contributed by atoms with Crippen molar-refractivity contribution in [3.63, 3.8) is 0 Å². The van der Waals surface area contributed by atoms with Crippen molar-refractivity contribution in [2.45, 2.75) is 39.2 Å². The van der Waals surface area contributed by atoms with Gasteiger partial charge in [-0.25, -0.2) is 0 Å². The Morgan fingerprint density at radius 2 is 2.24 bits per heavy atom. The Kier molecular flexibility index (Phi) is 3.15. The molecule has 2 unspecified atom stereocenters. The number of amides is 1. The molecule has 3 N–H and O–H groups in total. The van der Waals surface area contributed by atoms with Crippen molar-refractivity contribution in [1.29, 1.82) is 0 Å². The number of benzene rings is 1. The second-order valence-corrected chi connectivity index (χ2v) is 4.97. The summed E-state index contributed by atoms with van der Waals surface area (Å²) in [4.78, 5) is 11.7. The van der Waals surface area contributed by atoms with Crippen LogP contribution in [0.2, 0.25) is 5.02 Å². The average molecular weight is 253 g/mol. The topological polar surface area (TPSA) is 55.1 Å². The van der Waals surface area contributed by atoms with Gasteiger partial charge in [0.15, 0.2) is 0 Å². The third-order valence-corrected chi connectivity index (χ3v) is 4.01. The Hall–Kier alpha value is -1.06. The molecule has 0 aromatic heterocycles. The minimum atomic E-state index is -0.122. The highest BCUT2D eigenvalue weighted by atomic mass is 35.5. The van der Waals surface area contributed by atoms with E-state index in [-0.39, 0.29) is 17.9 Å². The van der Waals surface area contributed by atoms with Crippen molar-refractivity contribution in [3.05, 3.63) is 27.8 Å². The zero-order chi connectivity index (χ0) is 12.7. The van der Waals surface area contributed by atoms with Crippen LogP contribution in [0.15, 0.2) is 6.07 Å². The van der Waals surface area contributed by atoms with Crippen LogP contribution in [0, 0.1) is 6.92 Å². The maximum Gasteiger partial charge on any atom is 0.231 e. The van der Waals surface area contributed by atoms with Crippen LogP contribution < -0.4 is 11.1 Å². The highest BCUT2D eigenvalue weighted by Gasteiger charge is 2.30. The second kappa shape index (κ2) is 4.31. The summed E-state index contributed by atoms with van der Waals surface area (Å²) in [5, 5.41) is 3.55. The Morgan fingerprint density at radius 1 is 1.59 bits per heavy atom. The lowest BCUT2D eigenvalue weighted by molar-refractivity contribution is -0.116. The quantitative estimate of drug-likeness (QED) is 0.850. The Bertz CT molecular complexity index is 485. The molecule has 1 aliphatic rings. The summed E-state index contributed by atoms with van der Waals surface area (Å²) >= 11 is 6.31. The van der Waals surface area contributed by atoms with Crippen molar-refractivity contribution >= 4 is 23.2 Å². The van der Waals surface area contributed by atoms with Crippen molar-refractivity contribution in [2.24, 2.45) is 5.73 Å². The van der Waals surface area contributed by atoms with Crippen molar-refractivity contribution in [1.82, 2.24) is 0 Å². The molecule has 0 radical (unpaired) electrons. The number of carbonyl (C=O) groups excluding carboxylic acids is 1.